The summed E-state index contributed by atoms with van der Waals surface area (Å²) in [6.07, 6.45) is 0. The Balaban J connectivity index is 2.10. The summed E-state index contributed by atoms with van der Waals surface area (Å²) in [6, 6.07) is 9.36. The van der Waals surface area contributed by atoms with E-state index in [9.17, 15) is 9.59 Å². The van der Waals surface area contributed by atoms with Crippen LogP contribution in [-0.4, -0.2) is 22.6 Å². The van der Waals surface area contributed by atoms with Crippen molar-refractivity contribution in [3.05, 3.63) is 56.7 Å². The van der Waals surface area contributed by atoms with Crippen LogP contribution in [0.1, 0.15) is 21.3 Å². The van der Waals surface area contributed by atoms with Gasteiger partial charge in [-0.05, 0) is 25.0 Å². The van der Waals surface area contributed by atoms with Crippen molar-refractivity contribution >= 4 is 39.3 Å². The molecule has 3 rings (SSSR count). The van der Waals surface area contributed by atoms with E-state index >= 15 is 0 Å². The number of nitrogens with zero attached hydrogens (tertiary/aromatic N) is 2. The zero-order valence-corrected chi connectivity index (χ0v) is 16.0. The quantitative estimate of drug-likeness (QED) is 0.397. The summed E-state index contributed by atoms with van der Waals surface area (Å²) in [5.41, 5.74) is 1.69. The third-order valence-corrected chi connectivity index (χ3v) is 6.49. The summed E-state index contributed by atoms with van der Waals surface area (Å²) in [6.45, 7) is 3.92. The van der Waals surface area contributed by atoms with Gasteiger partial charge in [0.05, 0.1) is 12.5 Å². The minimum Gasteiger partial charge on any atom is -0.468 e. The molecule has 0 N–H and O–H groups in total. The van der Waals surface area contributed by atoms with Gasteiger partial charge < -0.3 is 4.74 Å². The molecule has 25 heavy (non-hydrogen) atoms. The highest BCUT2D eigenvalue weighted by atomic mass is 32.2. The smallest absolute Gasteiger partial charge is 0.323 e. The normalized spacial score (nSPS) is 12.3. The third kappa shape index (κ3) is 3.21. The van der Waals surface area contributed by atoms with E-state index in [-0.39, 0.29) is 11.5 Å². The van der Waals surface area contributed by atoms with Gasteiger partial charge in [-0.25, -0.2) is 4.98 Å². The van der Waals surface area contributed by atoms with E-state index in [0.29, 0.717) is 15.4 Å². The first kappa shape index (κ1) is 17.7. The Morgan fingerprint density at radius 2 is 1.96 bits per heavy atom. The van der Waals surface area contributed by atoms with Crippen LogP contribution < -0.4 is 5.56 Å². The third-order valence-electron chi connectivity index (χ3n) is 4.11. The molecular formula is C18H18N2O3S2. The molecule has 0 aliphatic rings. The Kier molecular flexibility index (Phi) is 4.96. The molecule has 0 unspecified atom stereocenters. The minimum absolute atomic E-state index is 0.0916. The van der Waals surface area contributed by atoms with Crippen molar-refractivity contribution in [3.8, 4) is 0 Å². The maximum Gasteiger partial charge on any atom is 0.323 e. The molecule has 1 atom stereocenters. The van der Waals surface area contributed by atoms with E-state index in [4.69, 9.17) is 4.74 Å². The summed E-state index contributed by atoms with van der Waals surface area (Å²) in [4.78, 5) is 31.4. The van der Waals surface area contributed by atoms with Crippen molar-refractivity contribution < 1.29 is 9.53 Å². The van der Waals surface area contributed by atoms with Crippen molar-refractivity contribution in [1.29, 1.82) is 0 Å². The van der Waals surface area contributed by atoms with Crippen LogP contribution >= 0.6 is 23.1 Å². The summed E-state index contributed by atoms with van der Waals surface area (Å²) in [5.74, 6) is -0.371. The highest BCUT2D eigenvalue weighted by Gasteiger charge is 2.25. The Hall–Kier alpha value is -2.12. The lowest BCUT2D eigenvalue weighted by Crippen LogP contribution is -2.21. The molecule has 3 aromatic rings. The van der Waals surface area contributed by atoms with Gasteiger partial charge in [0.2, 0.25) is 0 Å². The van der Waals surface area contributed by atoms with Crippen LogP contribution in [0.25, 0.3) is 10.2 Å². The molecule has 0 fully saturated rings. The average molecular weight is 374 g/mol. The summed E-state index contributed by atoms with van der Waals surface area (Å²) in [5, 5.41) is 0.575. The SMILES string of the molecule is COC(=O)[C@@H](Sc1nc2sc(C)c(C)c2c(=O)n1C)c1ccccc1. The number of fused-ring (bicyclic) bond motifs is 1. The zero-order valence-electron chi connectivity index (χ0n) is 14.4. The number of aryl methyl sites for hydroxylation is 2. The van der Waals surface area contributed by atoms with Crippen molar-refractivity contribution in [2.45, 2.75) is 24.3 Å². The fourth-order valence-corrected chi connectivity index (χ4v) is 4.71. The number of hydrogen-bond acceptors (Lipinski definition) is 6. The Morgan fingerprint density at radius 1 is 1.28 bits per heavy atom. The van der Waals surface area contributed by atoms with Crippen LogP contribution in [-0.2, 0) is 16.6 Å². The zero-order chi connectivity index (χ0) is 18.1. The number of ether oxygens (including phenoxy) is 1. The Labute approximate surface area is 153 Å². The predicted octanol–water partition coefficient (Wildman–Crippen LogP) is 3.62. The van der Waals surface area contributed by atoms with Gasteiger partial charge in [-0.2, -0.15) is 0 Å². The number of carbonyl (C=O) groups is 1. The lowest BCUT2D eigenvalue weighted by molar-refractivity contribution is -0.140. The number of thiophene rings is 1. The summed E-state index contributed by atoms with van der Waals surface area (Å²) in [7, 11) is 3.04. The maximum atomic E-state index is 12.7. The first-order valence-electron chi connectivity index (χ1n) is 7.70. The highest BCUT2D eigenvalue weighted by molar-refractivity contribution is 8.00. The van der Waals surface area contributed by atoms with Crippen molar-refractivity contribution in [3.63, 3.8) is 0 Å². The second kappa shape index (κ2) is 7.01. The molecule has 0 radical (unpaired) electrons. The average Bonchev–Trinajstić information content (AvgIpc) is 2.91. The van der Waals surface area contributed by atoms with Crippen LogP contribution in [0.5, 0.6) is 0 Å². The van der Waals surface area contributed by atoms with Gasteiger partial charge in [-0.15, -0.1) is 11.3 Å². The monoisotopic (exact) mass is 374 g/mol. The van der Waals surface area contributed by atoms with Gasteiger partial charge in [-0.1, -0.05) is 42.1 Å². The maximum absolute atomic E-state index is 12.7. The number of carbonyl (C=O) groups excluding carboxylic acids is 1. The molecular weight excluding hydrogens is 356 g/mol. The molecule has 0 spiro atoms. The number of rotatable bonds is 4. The van der Waals surface area contributed by atoms with Gasteiger partial charge >= 0.3 is 5.97 Å². The van der Waals surface area contributed by atoms with Crippen molar-refractivity contribution in [2.24, 2.45) is 7.05 Å². The second-order valence-corrected chi connectivity index (χ2v) is 7.93. The Morgan fingerprint density at radius 3 is 2.60 bits per heavy atom. The fourth-order valence-electron chi connectivity index (χ4n) is 2.55. The minimum atomic E-state index is -0.580. The van der Waals surface area contributed by atoms with E-state index in [2.05, 4.69) is 4.98 Å². The van der Waals surface area contributed by atoms with E-state index in [0.717, 1.165) is 16.0 Å². The molecule has 0 saturated heterocycles. The van der Waals surface area contributed by atoms with Gasteiger partial charge in [0.1, 0.15) is 10.1 Å². The first-order valence-corrected chi connectivity index (χ1v) is 9.39. The highest BCUT2D eigenvalue weighted by Crippen LogP contribution is 2.36. The van der Waals surface area contributed by atoms with Gasteiger partial charge in [0.15, 0.2) is 5.16 Å². The molecule has 130 valence electrons. The lowest BCUT2D eigenvalue weighted by Gasteiger charge is -2.15. The largest absolute Gasteiger partial charge is 0.468 e. The predicted molar refractivity (Wildman–Crippen MR) is 101 cm³/mol. The molecule has 0 aliphatic heterocycles. The topological polar surface area (TPSA) is 61.2 Å². The van der Waals surface area contributed by atoms with Crippen molar-refractivity contribution in [2.75, 3.05) is 7.11 Å². The van der Waals surface area contributed by atoms with Crippen LogP contribution in [0.4, 0.5) is 0 Å². The molecule has 0 aliphatic carbocycles. The summed E-state index contributed by atoms with van der Waals surface area (Å²) >= 11 is 2.73. The molecule has 1 aromatic carbocycles. The van der Waals surface area contributed by atoms with Gasteiger partial charge in [-0.3, -0.25) is 14.2 Å². The van der Waals surface area contributed by atoms with Gasteiger partial charge in [0.25, 0.3) is 5.56 Å². The standard InChI is InChI=1S/C18H18N2O3S2/c1-10-11(2)24-15-13(10)16(21)20(3)18(19-15)25-14(17(22)23-4)12-8-6-5-7-9-12/h5-9,14H,1-4H3/t14-/m0/s1. The van der Waals surface area contributed by atoms with Crippen molar-refractivity contribution in [1.82, 2.24) is 9.55 Å². The number of esters is 1. The number of benzene rings is 1. The van der Waals surface area contributed by atoms with E-state index in [1.165, 1.54) is 34.8 Å². The number of thioether (sulfide) groups is 1. The molecule has 5 nitrogen and oxygen atoms in total. The van der Waals surface area contributed by atoms with Crippen LogP contribution in [0.2, 0.25) is 0 Å². The van der Waals surface area contributed by atoms with Gasteiger partial charge in [0, 0.05) is 11.9 Å². The molecule has 0 bridgehead atoms. The van der Waals surface area contributed by atoms with E-state index in [1.54, 1.807) is 7.05 Å². The first-order chi connectivity index (χ1) is 11.9. The van der Waals surface area contributed by atoms with Crippen LogP contribution in [0, 0.1) is 13.8 Å². The summed E-state index contributed by atoms with van der Waals surface area (Å²) < 4.78 is 6.45. The number of aromatic nitrogens is 2. The molecule has 0 saturated carbocycles. The number of hydrogen-bond donors (Lipinski definition) is 0. The van der Waals surface area contributed by atoms with E-state index < -0.39 is 5.25 Å². The van der Waals surface area contributed by atoms with Crippen LogP contribution in [0.3, 0.4) is 0 Å². The fraction of sp³-hybridized carbons (Fsp3) is 0.278. The van der Waals surface area contributed by atoms with E-state index in [1.807, 2.05) is 44.2 Å². The van der Waals surface area contributed by atoms with Crippen LogP contribution in [0.15, 0.2) is 40.3 Å². The molecule has 0 amide bonds. The number of methoxy groups -OCH3 is 1. The lowest BCUT2D eigenvalue weighted by atomic mass is 10.1. The molecule has 2 heterocycles. The Bertz CT molecular complexity index is 993. The molecule has 7 heteroatoms. The second-order valence-electron chi connectivity index (χ2n) is 5.65. The molecule has 2 aromatic heterocycles.